The minimum atomic E-state index is -4.06. The summed E-state index contributed by atoms with van der Waals surface area (Å²) in [4.78, 5) is 44.3. The third-order valence-corrected chi connectivity index (χ3v) is 23.5. The molecule has 602 valence electrons. The Bertz CT molecular complexity index is 5310. The molecule has 0 heterocycles. The number of aliphatic imine (C=N–C) groups is 2. The van der Waals surface area contributed by atoms with Crippen molar-refractivity contribution in [3.05, 3.63) is 266 Å². The van der Waals surface area contributed by atoms with E-state index in [1.54, 1.807) is 112 Å². The summed E-state index contributed by atoms with van der Waals surface area (Å²) in [7, 11) is -24.1. The third kappa shape index (κ3) is 28.8. The standard InChI is InChI=1S/C25H28N4O6S2.2C24H27N5O6S2.C2H6/c1-3-35-25(30)17-24(29-36(31,32)22-12-5-4-6-13-22)19-9-7-11-21(15-19)28-37(33,34)23-14-8-10-20(16-23)27-18(2)26;2*1-2-35-23(30)16-22(29-36(31,32)20-11-4-3-5-12-20)17-8-6-10-19(14-17)28-37(33,34)21-13-7-9-18(15-21)27-24(25)26;1-2/h4-16,24,27-29H,2-3,17,26H2,1H3;2*3-15,22,28-29H,2,16H2,1H3,(H4,25,26,27);1-2H3. The molecule has 3 atom stereocenters. The molecule has 0 spiro atoms. The van der Waals surface area contributed by atoms with E-state index in [4.69, 9.17) is 42.9 Å². The van der Waals surface area contributed by atoms with Crippen molar-refractivity contribution in [2.24, 2.45) is 38.7 Å². The van der Waals surface area contributed by atoms with E-state index in [1.165, 1.54) is 146 Å². The van der Waals surface area contributed by atoms with Crippen LogP contribution in [-0.2, 0) is 88.7 Å². The Labute approximate surface area is 658 Å². The maximum Gasteiger partial charge on any atom is 0.307 e. The molecule has 0 radical (unpaired) electrons. The number of anilines is 4. The van der Waals surface area contributed by atoms with Crippen molar-refractivity contribution in [3.63, 3.8) is 0 Å². The highest BCUT2D eigenvalue weighted by molar-refractivity contribution is 7.93. The molecule has 0 saturated heterocycles. The second kappa shape index (κ2) is 42.0. The van der Waals surface area contributed by atoms with Crippen molar-refractivity contribution in [2.75, 3.05) is 39.3 Å². The Hall–Kier alpha value is -11.8. The van der Waals surface area contributed by atoms with Gasteiger partial charge in [-0.2, -0.15) is 0 Å². The predicted octanol–water partition coefficient (Wildman–Crippen LogP) is 9.06. The van der Waals surface area contributed by atoms with E-state index >= 15 is 0 Å². The summed E-state index contributed by atoms with van der Waals surface area (Å²) in [6.07, 6.45) is -0.917. The number of esters is 3. The zero-order valence-electron chi connectivity index (χ0n) is 61.8. The van der Waals surface area contributed by atoms with Crippen LogP contribution in [0.2, 0.25) is 0 Å². The van der Waals surface area contributed by atoms with Gasteiger partial charge in [0.1, 0.15) is 0 Å². The quantitative estimate of drug-likeness (QED) is 0.00774. The van der Waals surface area contributed by atoms with Crippen molar-refractivity contribution in [1.29, 1.82) is 0 Å². The van der Waals surface area contributed by atoms with E-state index in [0.717, 1.165) is 0 Å². The number of nitrogens with one attached hydrogen (secondary N) is 7. The highest BCUT2D eigenvalue weighted by Gasteiger charge is 2.29. The largest absolute Gasteiger partial charge is 0.466 e. The fourth-order valence-electron chi connectivity index (χ4n) is 10.2. The molecule has 0 fully saturated rings. The number of benzene rings is 9. The Morgan fingerprint density at radius 3 is 0.867 bits per heavy atom. The highest BCUT2D eigenvalue weighted by atomic mass is 32.2. The third-order valence-electron chi connectivity index (χ3n) is 14.9. The maximum atomic E-state index is 13.0. The van der Waals surface area contributed by atoms with Gasteiger partial charge in [0.15, 0.2) is 11.9 Å². The van der Waals surface area contributed by atoms with Gasteiger partial charge in [-0.1, -0.05) is 130 Å². The van der Waals surface area contributed by atoms with Crippen LogP contribution in [0.4, 0.5) is 34.1 Å². The molecule has 38 heteroatoms. The number of rotatable bonds is 34. The first kappa shape index (κ1) is 90.1. The summed E-state index contributed by atoms with van der Waals surface area (Å²) in [5.41, 5.74) is 29.5. The molecule has 0 aliphatic carbocycles. The molecule has 0 aromatic heterocycles. The van der Waals surface area contributed by atoms with Crippen LogP contribution >= 0.6 is 0 Å². The van der Waals surface area contributed by atoms with E-state index in [1.807, 2.05) is 13.8 Å². The first-order valence-corrected chi connectivity index (χ1v) is 43.2. The minimum absolute atomic E-state index is 0.0152. The molecule has 9 aromatic rings. The topological polar surface area (TPSA) is 523 Å². The van der Waals surface area contributed by atoms with Crippen molar-refractivity contribution < 1.29 is 79.1 Å². The van der Waals surface area contributed by atoms with Gasteiger partial charge in [0.05, 0.1) is 104 Å². The second-order valence-electron chi connectivity index (χ2n) is 23.4. The van der Waals surface area contributed by atoms with Crippen molar-refractivity contribution in [2.45, 2.75) is 101 Å². The van der Waals surface area contributed by atoms with Crippen LogP contribution in [0, 0.1) is 0 Å². The van der Waals surface area contributed by atoms with Crippen LogP contribution in [0.5, 0.6) is 0 Å². The number of ether oxygens (including phenoxy) is 3. The second-order valence-corrected chi connectivity index (χ2v) is 33.6. The van der Waals surface area contributed by atoms with Gasteiger partial charge in [0.25, 0.3) is 30.1 Å². The molecule has 0 aliphatic heterocycles. The van der Waals surface area contributed by atoms with Gasteiger partial charge in [-0.05, 0) is 165 Å². The zero-order valence-corrected chi connectivity index (χ0v) is 66.7. The lowest BCUT2D eigenvalue weighted by Crippen LogP contribution is -2.31. The van der Waals surface area contributed by atoms with Gasteiger partial charge in [-0.3, -0.25) is 28.5 Å². The number of hydrogen-bond donors (Lipinski definition) is 12. The normalized spacial score (nSPS) is 12.2. The van der Waals surface area contributed by atoms with Crippen molar-refractivity contribution in [3.8, 4) is 0 Å². The lowest BCUT2D eigenvalue weighted by atomic mass is 10.0. The van der Waals surface area contributed by atoms with Gasteiger partial charge in [0.2, 0.25) is 30.1 Å². The monoisotopic (exact) mass is 1660 g/mol. The van der Waals surface area contributed by atoms with E-state index in [0.29, 0.717) is 22.4 Å². The van der Waals surface area contributed by atoms with E-state index in [2.05, 4.69) is 50.2 Å². The van der Waals surface area contributed by atoms with Crippen LogP contribution in [-0.4, -0.2) is 100 Å². The number of carbonyl (C=O) groups is 3. The number of guanidine groups is 2. The molecule has 0 saturated carbocycles. The first-order valence-electron chi connectivity index (χ1n) is 34.3. The number of hydrogen-bond acceptors (Lipinski definition) is 22. The summed E-state index contributed by atoms with van der Waals surface area (Å²) in [5.74, 6) is -2.14. The first-order chi connectivity index (χ1) is 53.5. The summed E-state index contributed by atoms with van der Waals surface area (Å²) >= 11 is 0. The Kier molecular flexibility index (Phi) is 33.5. The van der Waals surface area contributed by atoms with Crippen molar-refractivity contribution in [1.82, 2.24) is 14.2 Å². The average Bonchev–Trinajstić information content (AvgIpc) is 0.820. The van der Waals surface area contributed by atoms with Gasteiger partial charge < -0.3 is 48.2 Å². The van der Waals surface area contributed by atoms with Crippen LogP contribution in [0.15, 0.2) is 288 Å². The molecule has 113 heavy (non-hydrogen) atoms. The summed E-state index contributed by atoms with van der Waals surface area (Å²) in [5, 5.41) is 2.75. The molecule has 32 nitrogen and oxygen atoms in total. The fourth-order valence-corrected chi connectivity index (χ4v) is 17.2. The summed E-state index contributed by atoms with van der Waals surface area (Å²) in [6.45, 7) is 12.8. The average molecular weight is 1670 g/mol. The van der Waals surface area contributed by atoms with Crippen LogP contribution < -0.4 is 62.3 Å². The van der Waals surface area contributed by atoms with Crippen LogP contribution in [0.1, 0.15) is 88.7 Å². The van der Waals surface area contributed by atoms with Crippen LogP contribution in [0.25, 0.3) is 0 Å². The minimum Gasteiger partial charge on any atom is -0.466 e. The Balaban J connectivity index is 0.000000261. The fraction of sp³-hybridized carbons (Fsp3) is 0.187. The van der Waals surface area contributed by atoms with Gasteiger partial charge in [-0.25, -0.2) is 74.7 Å². The molecular weight excluding hydrogens is 1580 g/mol. The maximum absolute atomic E-state index is 13.0. The Morgan fingerprint density at radius 2 is 0.593 bits per heavy atom. The highest BCUT2D eigenvalue weighted by Crippen LogP contribution is 2.31. The van der Waals surface area contributed by atoms with Gasteiger partial charge >= 0.3 is 17.9 Å². The SMILES string of the molecule is C=C(N)Nc1cccc(S(=O)(=O)Nc2cccc(C(CC(=O)OCC)NS(=O)(=O)c3ccccc3)c2)c1.CC.CCOC(=O)CC(NS(=O)(=O)c1ccccc1)c1cccc(NS(=O)(=O)c2cccc(N=C(N)N)c2)c1.CCOC(=O)CC(NS(=O)(=O)c1ccccc1)c1cccc(NS(=O)(=O)c2cccc(N=C(N)N)c2)c1. The lowest BCUT2D eigenvalue weighted by molar-refractivity contribution is -0.144. The van der Waals surface area contributed by atoms with E-state index < -0.39 is 96.2 Å². The molecule has 9 aromatic carbocycles. The molecule has 0 amide bonds. The van der Waals surface area contributed by atoms with Gasteiger partial charge in [0, 0.05) is 22.7 Å². The molecule has 3 unspecified atom stereocenters. The number of sulfonamides is 6. The van der Waals surface area contributed by atoms with E-state index in [9.17, 15) is 64.9 Å². The lowest BCUT2D eigenvalue weighted by Gasteiger charge is -2.20. The number of carbonyl (C=O) groups excluding carboxylic acids is 3. The van der Waals surface area contributed by atoms with Crippen LogP contribution in [0.3, 0.4) is 0 Å². The smallest absolute Gasteiger partial charge is 0.307 e. The number of nitrogens with zero attached hydrogens (tertiary/aromatic N) is 2. The van der Waals surface area contributed by atoms with E-state index in [-0.39, 0.29) is 115 Å². The number of nitrogens with two attached hydrogens (primary N) is 5. The molecular formula is C75H88N14O18S6. The Morgan fingerprint density at radius 1 is 0.336 bits per heavy atom. The van der Waals surface area contributed by atoms with Crippen molar-refractivity contribution >= 4 is 124 Å². The molecule has 17 N–H and O–H groups in total. The summed E-state index contributed by atoms with van der Waals surface area (Å²) in [6, 6.07) is 55.6. The molecule has 0 bridgehead atoms. The molecule has 0 aliphatic rings. The zero-order chi connectivity index (χ0) is 83.2. The summed E-state index contributed by atoms with van der Waals surface area (Å²) < 4.78 is 186. The predicted molar refractivity (Wildman–Crippen MR) is 433 cm³/mol. The molecule has 9 rings (SSSR count). The van der Waals surface area contributed by atoms with Gasteiger partial charge in [-0.15, -0.1) is 0 Å².